The summed E-state index contributed by atoms with van der Waals surface area (Å²) in [5.74, 6) is 0.299. The Morgan fingerprint density at radius 3 is 2.25 bits per heavy atom. The first-order valence-electron chi connectivity index (χ1n) is 8.86. The molecule has 0 aromatic rings. The molecule has 0 bridgehead atoms. The molecule has 5 nitrogen and oxygen atoms in total. The number of hydrogen-bond donors (Lipinski definition) is 1. The van der Waals surface area contributed by atoms with Crippen LogP contribution in [0, 0.1) is 16.7 Å². The summed E-state index contributed by atoms with van der Waals surface area (Å²) < 4.78 is 0. The Hall–Kier alpha value is -0.810. The van der Waals surface area contributed by atoms with E-state index >= 15 is 0 Å². The lowest BCUT2D eigenvalue weighted by atomic mass is 9.79. The fourth-order valence-corrected chi connectivity index (χ4v) is 3.66. The Bertz CT molecular complexity index is 473. The molecule has 2 heterocycles. The van der Waals surface area contributed by atoms with Crippen LogP contribution in [0.4, 0.5) is 0 Å². The second kappa shape index (κ2) is 7.61. The van der Waals surface area contributed by atoms with Crippen LogP contribution in [-0.4, -0.2) is 53.8 Å². The van der Waals surface area contributed by atoms with E-state index in [1.807, 2.05) is 30.6 Å². The molecule has 2 aliphatic heterocycles. The summed E-state index contributed by atoms with van der Waals surface area (Å²) in [5.41, 5.74) is 5.75. The van der Waals surface area contributed by atoms with Crippen LogP contribution < -0.4 is 5.73 Å². The first-order chi connectivity index (χ1) is 10.5. The van der Waals surface area contributed by atoms with Crippen LogP contribution in [0.3, 0.4) is 0 Å². The summed E-state index contributed by atoms with van der Waals surface area (Å²) in [5, 5.41) is 0. The van der Waals surface area contributed by atoms with Gasteiger partial charge in [0, 0.05) is 37.6 Å². The molecule has 2 rings (SSSR count). The first kappa shape index (κ1) is 21.2. The van der Waals surface area contributed by atoms with Crippen molar-refractivity contribution >= 4 is 24.2 Å². The fraction of sp³-hybridized carbons (Fsp3) is 0.889. The highest BCUT2D eigenvalue weighted by Crippen LogP contribution is 2.30. The number of nitrogens with two attached hydrogens (primary N) is 1. The molecule has 2 N–H and O–H groups in total. The van der Waals surface area contributed by atoms with Crippen molar-refractivity contribution in [2.45, 2.75) is 59.9 Å². The van der Waals surface area contributed by atoms with Gasteiger partial charge >= 0.3 is 0 Å². The van der Waals surface area contributed by atoms with Crippen molar-refractivity contribution in [1.82, 2.24) is 9.80 Å². The maximum absolute atomic E-state index is 12.9. The molecule has 0 radical (unpaired) electrons. The Balaban J connectivity index is 0.00000288. The van der Waals surface area contributed by atoms with Crippen LogP contribution in [-0.2, 0) is 9.59 Å². The molecule has 2 unspecified atom stereocenters. The highest BCUT2D eigenvalue weighted by Gasteiger charge is 2.39. The summed E-state index contributed by atoms with van der Waals surface area (Å²) >= 11 is 0. The van der Waals surface area contributed by atoms with E-state index in [2.05, 4.69) is 13.8 Å². The van der Waals surface area contributed by atoms with Crippen LogP contribution in [0.15, 0.2) is 0 Å². The molecule has 2 aliphatic rings. The Labute approximate surface area is 152 Å². The average Bonchev–Trinajstić information content (AvgIpc) is 2.47. The first-order valence-corrected chi connectivity index (χ1v) is 8.86. The molecule has 0 saturated carbocycles. The minimum atomic E-state index is -0.384. The maximum atomic E-state index is 12.9. The van der Waals surface area contributed by atoms with Crippen LogP contribution >= 0.6 is 12.4 Å². The third-order valence-corrected chi connectivity index (χ3v) is 5.32. The van der Waals surface area contributed by atoms with Gasteiger partial charge in [-0.2, -0.15) is 0 Å². The van der Waals surface area contributed by atoms with Gasteiger partial charge in [0.15, 0.2) is 0 Å². The molecular weight excluding hydrogens is 326 g/mol. The fourth-order valence-electron chi connectivity index (χ4n) is 3.66. The number of carbonyl (C=O) groups is 2. The van der Waals surface area contributed by atoms with Gasteiger partial charge in [-0.1, -0.05) is 34.6 Å². The summed E-state index contributed by atoms with van der Waals surface area (Å²) in [6, 6.07) is 0.150. The molecule has 0 aromatic carbocycles. The highest BCUT2D eigenvalue weighted by molar-refractivity contribution is 5.85. The van der Waals surface area contributed by atoms with E-state index in [0.717, 1.165) is 38.9 Å². The molecule has 2 saturated heterocycles. The molecule has 6 heteroatoms. The van der Waals surface area contributed by atoms with Crippen molar-refractivity contribution in [3.63, 3.8) is 0 Å². The van der Waals surface area contributed by atoms with Crippen molar-refractivity contribution in [2.24, 2.45) is 22.5 Å². The zero-order valence-corrected chi connectivity index (χ0v) is 16.6. The number of rotatable bonds is 1. The lowest BCUT2D eigenvalue weighted by molar-refractivity contribution is -0.146. The molecule has 0 aliphatic carbocycles. The normalized spacial score (nSPS) is 27.4. The van der Waals surface area contributed by atoms with E-state index in [9.17, 15) is 9.59 Å². The summed E-state index contributed by atoms with van der Waals surface area (Å²) in [7, 11) is 0. The smallest absolute Gasteiger partial charge is 0.227 e. The van der Waals surface area contributed by atoms with Crippen LogP contribution in [0.25, 0.3) is 0 Å². The minimum Gasteiger partial charge on any atom is -0.342 e. The van der Waals surface area contributed by atoms with Gasteiger partial charge < -0.3 is 15.5 Å². The van der Waals surface area contributed by atoms with E-state index in [1.54, 1.807) is 0 Å². The second-order valence-corrected chi connectivity index (χ2v) is 8.98. The maximum Gasteiger partial charge on any atom is 0.227 e. The van der Waals surface area contributed by atoms with E-state index < -0.39 is 0 Å². The molecule has 0 spiro atoms. The molecule has 2 atom stereocenters. The third kappa shape index (κ3) is 4.63. The zero-order valence-electron chi connectivity index (χ0n) is 15.8. The summed E-state index contributed by atoms with van der Waals surface area (Å²) in [6.07, 6.45) is 2.65. The number of carbonyl (C=O) groups excluding carboxylic acids is 2. The van der Waals surface area contributed by atoms with Crippen molar-refractivity contribution < 1.29 is 9.59 Å². The van der Waals surface area contributed by atoms with Gasteiger partial charge in [-0.15, -0.1) is 12.4 Å². The molecule has 24 heavy (non-hydrogen) atoms. The Kier molecular flexibility index (Phi) is 6.73. The quantitative estimate of drug-likeness (QED) is 0.781. The molecular formula is C18H34ClN3O2. The van der Waals surface area contributed by atoms with Crippen molar-refractivity contribution in [2.75, 3.05) is 26.2 Å². The number of hydrogen-bond acceptors (Lipinski definition) is 3. The Morgan fingerprint density at radius 2 is 1.71 bits per heavy atom. The zero-order chi connectivity index (χ0) is 17.4. The summed E-state index contributed by atoms with van der Waals surface area (Å²) in [6.45, 7) is 12.9. The van der Waals surface area contributed by atoms with E-state index in [1.165, 1.54) is 0 Å². The predicted molar refractivity (Wildman–Crippen MR) is 99.0 cm³/mol. The van der Waals surface area contributed by atoms with Gasteiger partial charge in [0.2, 0.25) is 11.8 Å². The third-order valence-electron chi connectivity index (χ3n) is 5.32. The van der Waals surface area contributed by atoms with Crippen molar-refractivity contribution in [3.05, 3.63) is 0 Å². The molecule has 2 amide bonds. The van der Waals surface area contributed by atoms with E-state index in [0.29, 0.717) is 6.54 Å². The molecule has 140 valence electrons. The minimum absolute atomic E-state index is 0. The van der Waals surface area contributed by atoms with Gasteiger partial charge in [0.05, 0.1) is 5.92 Å². The van der Waals surface area contributed by atoms with Gasteiger partial charge in [0.1, 0.15) is 0 Å². The number of piperidine rings is 2. The molecule has 2 fully saturated rings. The van der Waals surface area contributed by atoms with Crippen molar-refractivity contribution in [3.8, 4) is 0 Å². The summed E-state index contributed by atoms with van der Waals surface area (Å²) in [4.78, 5) is 29.3. The SMILES string of the molecule is CC(C)(C)C(=O)N1CCCC(C(=O)N2CCC(N)C(C)(C)C2)C1.Cl. The average molecular weight is 360 g/mol. The van der Waals surface area contributed by atoms with Crippen molar-refractivity contribution in [1.29, 1.82) is 0 Å². The van der Waals surface area contributed by atoms with Crippen LogP contribution in [0.1, 0.15) is 53.9 Å². The molecule has 0 aromatic heterocycles. The van der Waals surface area contributed by atoms with Crippen LogP contribution in [0.5, 0.6) is 0 Å². The van der Waals surface area contributed by atoms with E-state index in [-0.39, 0.29) is 47.0 Å². The predicted octanol–water partition coefficient (Wildman–Crippen LogP) is 2.28. The van der Waals surface area contributed by atoms with Gasteiger partial charge in [-0.3, -0.25) is 9.59 Å². The Morgan fingerprint density at radius 1 is 1.08 bits per heavy atom. The largest absolute Gasteiger partial charge is 0.342 e. The lowest BCUT2D eigenvalue weighted by Gasteiger charge is -2.44. The van der Waals surface area contributed by atoms with E-state index in [4.69, 9.17) is 5.73 Å². The number of halogens is 1. The second-order valence-electron chi connectivity index (χ2n) is 8.98. The topological polar surface area (TPSA) is 66.6 Å². The van der Waals surface area contributed by atoms with Crippen LogP contribution in [0.2, 0.25) is 0 Å². The van der Waals surface area contributed by atoms with Gasteiger partial charge in [-0.05, 0) is 24.7 Å². The number of amides is 2. The van der Waals surface area contributed by atoms with Gasteiger partial charge in [-0.25, -0.2) is 0 Å². The number of nitrogens with zero attached hydrogens (tertiary/aromatic N) is 2. The number of likely N-dealkylation sites (tertiary alicyclic amines) is 2. The monoisotopic (exact) mass is 359 g/mol. The standard InChI is InChI=1S/C18H33N3O2.ClH/c1-17(2,3)16(23)20-9-6-7-13(11-20)15(22)21-10-8-14(19)18(4,5)12-21;/h13-14H,6-12,19H2,1-5H3;1H. The highest BCUT2D eigenvalue weighted by atomic mass is 35.5. The lowest BCUT2D eigenvalue weighted by Crippen LogP contribution is -2.56. The van der Waals surface area contributed by atoms with Gasteiger partial charge in [0.25, 0.3) is 0 Å².